The molecule has 2 amide bonds. The van der Waals surface area contributed by atoms with E-state index >= 15 is 0 Å². The second-order valence-corrected chi connectivity index (χ2v) is 7.93. The van der Waals surface area contributed by atoms with Crippen molar-refractivity contribution in [1.29, 1.82) is 0 Å². The topological polar surface area (TPSA) is 49.9 Å². The number of rotatable bonds is 6. The summed E-state index contributed by atoms with van der Waals surface area (Å²) < 4.78 is 5.47. The predicted molar refractivity (Wildman–Crippen MR) is 110 cm³/mol. The zero-order chi connectivity index (χ0) is 19.9. The van der Waals surface area contributed by atoms with Crippen molar-refractivity contribution in [1.82, 2.24) is 9.80 Å². The van der Waals surface area contributed by atoms with Crippen LogP contribution in [0.3, 0.4) is 0 Å². The van der Waals surface area contributed by atoms with Crippen LogP contribution >= 0.6 is 0 Å². The van der Waals surface area contributed by atoms with Gasteiger partial charge in [-0.05, 0) is 31.7 Å². The summed E-state index contributed by atoms with van der Waals surface area (Å²) in [6, 6.07) is 9.24. The number of ether oxygens (including phenoxy) is 1. The monoisotopic (exact) mass is 386 g/mol. The molecule has 3 rings (SSSR count). The number of amides is 2. The van der Waals surface area contributed by atoms with Gasteiger partial charge >= 0.3 is 12.0 Å². The van der Waals surface area contributed by atoms with Crippen molar-refractivity contribution in [3.05, 3.63) is 35.9 Å². The summed E-state index contributed by atoms with van der Waals surface area (Å²) in [7, 11) is 0. The lowest BCUT2D eigenvalue weighted by atomic mass is 9.93. The van der Waals surface area contributed by atoms with Gasteiger partial charge < -0.3 is 14.5 Å². The van der Waals surface area contributed by atoms with Gasteiger partial charge in [0.25, 0.3) is 0 Å². The average Bonchev–Trinajstić information content (AvgIpc) is 2.96. The molecular formula is C23H34N2O3. The molecule has 1 aliphatic carbocycles. The van der Waals surface area contributed by atoms with E-state index in [1.807, 2.05) is 47.1 Å². The molecule has 1 aromatic rings. The summed E-state index contributed by atoms with van der Waals surface area (Å²) in [6.45, 7) is 4.89. The highest BCUT2D eigenvalue weighted by atomic mass is 16.5. The molecule has 5 heteroatoms. The van der Waals surface area contributed by atoms with Crippen LogP contribution in [0.15, 0.2) is 30.3 Å². The molecule has 28 heavy (non-hydrogen) atoms. The summed E-state index contributed by atoms with van der Waals surface area (Å²) in [5.74, 6) is -0.273. The summed E-state index contributed by atoms with van der Waals surface area (Å²) in [5, 5.41) is 0. The van der Waals surface area contributed by atoms with Crippen molar-refractivity contribution in [2.24, 2.45) is 0 Å². The summed E-state index contributed by atoms with van der Waals surface area (Å²) in [6.07, 6.45) is 8.75. The van der Waals surface area contributed by atoms with Crippen LogP contribution in [0.2, 0.25) is 0 Å². The fourth-order valence-corrected chi connectivity index (χ4v) is 4.76. The van der Waals surface area contributed by atoms with Crippen molar-refractivity contribution in [3.8, 4) is 0 Å². The lowest BCUT2D eigenvalue weighted by Gasteiger charge is -2.33. The van der Waals surface area contributed by atoms with Gasteiger partial charge in [0.05, 0.1) is 12.6 Å². The molecule has 2 atom stereocenters. The van der Waals surface area contributed by atoms with E-state index < -0.39 is 6.04 Å². The van der Waals surface area contributed by atoms with Crippen LogP contribution in [0, 0.1) is 0 Å². The molecule has 0 spiro atoms. The molecule has 5 nitrogen and oxygen atoms in total. The number of urea groups is 1. The Hall–Kier alpha value is -2.04. The first-order valence-electron chi connectivity index (χ1n) is 11.0. The van der Waals surface area contributed by atoms with E-state index in [2.05, 4.69) is 6.92 Å². The number of carbonyl (C=O) groups excluding carboxylic acids is 2. The van der Waals surface area contributed by atoms with Gasteiger partial charge in [0, 0.05) is 12.6 Å². The summed E-state index contributed by atoms with van der Waals surface area (Å²) >= 11 is 0. The largest absolute Gasteiger partial charge is 0.464 e. The minimum Gasteiger partial charge on any atom is -0.464 e. The molecule has 0 aromatic heterocycles. The smallest absolute Gasteiger partial charge is 0.331 e. The van der Waals surface area contributed by atoms with Crippen LogP contribution in [0.1, 0.15) is 76.8 Å². The number of carbonyl (C=O) groups is 2. The molecule has 1 aliphatic heterocycles. The Bertz CT molecular complexity index is 641. The molecule has 0 radical (unpaired) electrons. The van der Waals surface area contributed by atoms with Crippen LogP contribution in [0.5, 0.6) is 0 Å². The molecule has 2 aliphatic rings. The van der Waals surface area contributed by atoms with Crippen LogP contribution < -0.4 is 0 Å². The Morgan fingerprint density at radius 1 is 1.04 bits per heavy atom. The Balaban J connectivity index is 2.00. The van der Waals surface area contributed by atoms with Gasteiger partial charge in [-0.3, -0.25) is 0 Å². The van der Waals surface area contributed by atoms with Crippen molar-refractivity contribution in [2.75, 3.05) is 13.2 Å². The third-order valence-corrected chi connectivity index (χ3v) is 6.00. The third-order valence-electron chi connectivity index (χ3n) is 6.00. The Labute approximate surface area is 169 Å². The normalized spacial score (nSPS) is 24.1. The molecule has 2 fully saturated rings. The first-order valence-corrected chi connectivity index (χ1v) is 11.0. The molecule has 1 aromatic carbocycles. The highest BCUT2D eigenvalue weighted by molar-refractivity contribution is 5.89. The molecule has 1 saturated carbocycles. The maximum atomic E-state index is 13.5. The van der Waals surface area contributed by atoms with E-state index in [4.69, 9.17) is 4.74 Å². The van der Waals surface area contributed by atoms with Gasteiger partial charge in [-0.25, -0.2) is 9.59 Å². The zero-order valence-corrected chi connectivity index (χ0v) is 17.3. The van der Waals surface area contributed by atoms with E-state index in [-0.39, 0.29) is 24.1 Å². The Kier molecular flexibility index (Phi) is 7.35. The number of hydrogen-bond acceptors (Lipinski definition) is 3. The highest BCUT2D eigenvalue weighted by Crippen LogP contribution is 2.39. The quantitative estimate of drug-likeness (QED) is 0.652. The number of esters is 1. The maximum absolute atomic E-state index is 13.5. The number of benzene rings is 1. The molecule has 0 bridgehead atoms. The molecule has 154 valence electrons. The predicted octanol–water partition coefficient (Wildman–Crippen LogP) is 4.92. The fourth-order valence-electron chi connectivity index (χ4n) is 4.76. The van der Waals surface area contributed by atoms with Gasteiger partial charge in [0.15, 0.2) is 6.04 Å². The van der Waals surface area contributed by atoms with Gasteiger partial charge in [-0.1, -0.05) is 69.4 Å². The second-order valence-electron chi connectivity index (χ2n) is 7.93. The highest BCUT2D eigenvalue weighted by Gasteiger charge is 2.52. The standard InChI is InChI=1S/C23H34N2O3/c1-3-17-24-20(18-13-9-8-10-14-18)21(22(26)28-4-2)25(23(24)27)19-15-11-6-5-7-12-16-19/h8-10,13-14,19-21H,3-7,11-12,15-17H2,1-2H3/t20-,21+/m0/s1. The third kappa shape index (κ3) is 4.34. The molecule has 1 heterocycles. The molecule has 1 saturated heterocycles. The van der Waals surface area contributed by atoms with Crippen LogP contribution in [-0.2, 0) is 9.53 Å². The van der Waals surface area contributed by atoms with Crippen LogP contribution in [0.25, 0.3) is 0 Å². The minimum atomic E-state index is -0.564. The van der Waals surface area contributed by atoms with E-state index in [0.29, 0.717) is 13.2 Å². The Morgan fingerprint density at radius 3 is 2.29 bits per heavy atom. The van der Waals surface area contributed by atoms with Gasteiger partial charge in [-0.15, -0.1) is 0 Å². The van der Waals surface area contributed by atoms with Crippen LogP contribution in [0.4, 0.5) is 4.79 Å². The zero-order valence-electron chi connectivity index (χ0n) is 17.3. The Morgan fingerprint density at radius 2 is 1.68 bits per heavy atom. The lowest BCUT2D eigenvalue weighted by molar-refractivity contribution is -0.149. The van der Waals surface area contributed by atoms with E-state index in [1.54, 1.807) is 0 Å². The molecular weight excluding hydrogens is 352 g/mol. The number of hydrogen-bond donors (Lipinski definition) is 0. The van der Waals surface area contributed by atoms with Gasteiger partial charge in [0.2, 0.25) is 0 Å². The number of nitrogens with zero attached hydrogens (tertiary/aromatic N) is 2. The first kappa shape index (κ1) is 20.7. The minimum absolute atomic E-state index is 0.000621. The summed E-state index contributed by atoms with van der Waals surface area (Å²) in [4.78, 5) is 30.4. The van der Waals surface area contributed by atoms with Crippen LogP contribution in [-0.4, -0.2) is 47.0 Å². The van der Waals surface area contributed by atoms with Crippen molar-refractivity contribution in [3.63, 3.8) is 0 Å². The van der Waals surface area contributed by atoms with Crippen molar-refractivity contribution in [2.45, 2.75) is 83.3 Å². The maximum Gasteiger partial charge on any atom is 0.331 e. The second kappa shape index (κ2) is 9.94. The first-order chi connectivity index (χ1) is 13.7. The fraction of sp³-hybridized carbons (Fsp3) is 0.652. The van der Waals surface area contributed by atoms with E-state index in [9.17, 15) is 9.59 Å². The SMILES string of the molecule is CCCN1C(=O)N(C2CCCCCCC2)[C@@H](C(=O)OCC)[C@@H]1c1ccccc1. The molecule has 0 N–H and O–H groups in total. The van der Waals surface area contributed by atoms with Crippen molar-refractivity contribution < 1.29 is 14.3 Å². The van der Waals surface area contributed by atoms with E-state index in [1.165, 1.54) is 19.3 Å². The van der Waals surface area contributed by atoms with Gasteiger partial charge in [-0.2, -0.15) is 0 Å². The van der Waals surface area contributed by atoms with Gasteiger partial charge in [0.1, 0.15) is 0 Å². The van der Waals surface area contributed by atoms with Crippen molar-refractivity contribution >= 4 is 12.0 Å². The van der Waals surface area contributed by atoms with E-state index in [0.717, 1.165) is 37.7 Å². The average molecular weight is 387 g/mol. The summed E-state index contributed by atoms with van der Waals surface area (Å²) in [5.41, 5.74) is 1.01. The molecule has 0 unspecified atom stereocenters. The lowest BCUT2D eigenvalue weighted by Crippen LogP contribution is -2.47.